The molecule has 0 bridgehead atoms. The van der Waals surface area contributed by atoms with Crippen LogP contribution in [0.15, 0.2) is 54.6 Å². The number of hydrogen-bond donors (Lipinski definition) is 2. The van der Waals surface area contributed by atoms with Crippen molar-refractivity contribution in [2.45, 2.75) is 25.8 Å². The smallest absolute Gasteiger partial charge is 0.246 e. The highest BCUT2D eigenvalue weighted by atomic mass is 35.5. The van der Waals surface area contributed by atoms with Gasteiger partial charge in [-0.15, -0.1) is 0 Å². The molecule has 0 aliphatic heterocycles. The predicted molar refractivity (Wildman–Crippen MR) is 105 cm³/mol. The topological polar surface area (TPSA) is 41.1 Å². The summed E-state index contributed by atoms with van der Waals surface area (Å²) >= 11 is 6.12. The van der Waals surface area contributed by atoms with Gasteiger partial charge in [-0.1, -0.05) is 48.0 Å². The summed E-state index contributed by atoms with van der Waals surface area (Å²) in [6.45, 7) is 1.86. The second-order valence-electron chi connectivity index (χ2n) is 6.45. The maximum atomic E-state index is 12.5. The first-order chi connectivity index (χ1) is 12.1. The molecule has 0 aromatic heterocycles. The van der Waals surface area contributed by atoms with E-state index in [4.69, 9.17) is 11.6 Å². The summed E-state index contributed by atoms with van der Waals surface area (Å²) in [5.74, 6) is -0.114. The summed E-state index contributed by atoms with van der Waals surface area (Å²) in [6.07, 6.45) is 2.19. The van der Waals surface area contributed by atoms with E-state index in [-0.39, 0.29) is 11.9 Å². The minimum absolute atomic E-state index is 0.114. The van der Waals surface area contributed by atoms with Crippen molar-refractivity contribution >= 4 is 39.7 Å². The van der Waals surface area contributed by atoms with Crippen molar-refractivity contribution in [3.63, 3.8) is 0 Å². The van der Waals surface area contributed by atoms with Crippen LogP contribution in [-0.2, 0) is 17.6 Å². The lowest BCUT2D eigenvalue weighted by atomic mass is 10.0. The normalized spacial score (nSPS) is 13.7. The maximum Gasteiger partial charge on any atom is 0.246 e. The Bertz CT molecular complexity index is 957. The Morgan fingerprint density at radius 3 is 2.52 bits per heavy atom. The van der Waals surface area contributed by atoms with Crippen molar-refractivity contribution in [1.29, 1.82) is 0 Å². The number of anilines is 2. The van der Waals surface area contributed by atoms with Crippen LogP contribution in [0.4, 0.5) is 11.4 Å². The van der Waals surface area contributed by atoms with E-state index in [0.717, 1.165) is 18.5 Å². The second-order valence-corrected chi connectivity index (χ2v) is 6.85. The van der Waals surface area contributed by atoms with Crippen LogP contribution in [-0.4, -0.2) is 11.9 Å². The molecular weight excluding hydrogens is 332 g/mol. The Kier molecular flexibility index (Phi) is 4.10. The van der Waals surface area contributed by atoms with Crippen LogP contribution in [0.2, 0.25) is 5.02 Å². The lowest BCUT2D eigenvalue weighted by molar-refractivity contribution is -0.116. The summed E-state index contributed by atoms with van der Waals surface area (Å²) in [5, 5.41) is 9.29. The van der Waals surface area contributed by atoms with Crippen molar-refractivity contribution in [1.82, 2.24) is 0 Å². The number of carbonyl (C=O) groups is 1. The molecule has 126 valence electrons. The first-order valence-corrected chi connectivity index (χ1v) is 8.86. The van der Waals surface area contributed by atoms with Crippen LogP contribution in [0.3, 0.4) is 0 Å². The van der Waals surface area contributed by atoms with Gasteiger partial charge in [0, 0.05) is 11.1 Å². The van der Waals surface area contributed by atoms with Gasteiger partial charge >= 0.3 is 0 Å². The molecule has 25 heavy (non-hydrogen) atoms. The van der Waals surface area contributed by atoms with Crippen molar-refractivity contribution < 1.29 is 4.79 Å². The summed E-state index contributed by atoms with van der Waals surface area (Å²) in [6, 6.07) is 17.5. The van der Waals surface area contributed by atoms with E-state index >= 15 is 0 Å². The number of hydrogen-bond acceptors (Lipinski definition) is 2. The van der Waals surface area contributed by atoms with Crippen molar-refractivity contribution in [3.05, 3.63) is 70.7 Å². The fraction of sp³-hybridized carbons (Fsp3) is 0.190. The average Bonchev–Trinajstić information content (AvgIpc) is 3.04. The molecule has 1 amide bonds. The van der Waals surface area contributed by atoms with Gasteiger partial charge < -0.3 is 10.6 Å². The molecule has 0 fully saturated rings. The molecule has 1 unspecified atom stereocenters. The lowest BCUT2D eigenvalue weighted by Gasteiger charge is -2.18. The Hall–Kier alpha value is -2.52. The molecular formula is C21H19ClN2O. The summed E-state index contributed by atoms with van der Waals surface area (Å²) in [4.78, 5) is 12.5. The van der Waals surface area contributed by atoms with Gasteiger partial charge in [0.1, 0.15) is 6.04 Å². The van der Waals surface area contributed by atoms with Gasteiger partial charge in [-0.25, -0.2) is 0 Å². The molecule has 4 heteroatoms. The molecule has 4 rings (SSSR count). The number of carbonyl (C=O) groups excluding carboxylic acids is 1. The van der Waals surface area contributed by atoms with Gasteiger partial charge in [-0.2, -0.15) is 0 Å². The van der Waals surface area contributed by atoms with Gasteiger partial charge in [0.15, 0.2) is 0 Å². The molecule has 0 spiro atoms. The van der Waals surface area contributed by atoms with Crippen LogP contribution < -0.4 is 10.6 Å². The third kappa shape index (κ3) is 2.96. The first kappa shape index (κ1) is 16.0. The molecule has 2 N–H and O–H groups in total. The monoisotopic (exact) mass is 350 g/mol. The molecule has 1 aliphatic carbocycles. The zero-order valence-corrected chi connectivity index (χ0v) is 14.7. The average molecular weight is 351 g/mol. The lowest BCUT2D eigenvalue weighted by Crippen LogP contribution is -2.32. The summed E-state index contributed by atoms with van der Waals surface area (Å²) in [5.41, 5.74) is 4.40. The summed E-state index contributed by atoms with van der Waals surface area (Å²) in [7, 11) is 0. The number of nitrogens with one attached hydrogen (secondary N) is 2. The van der Waals surface area contributed by atoms with Crippen LogP contribution in [0.1, 0.15) is 18.1 Å². The fourth-order valence-corrected chi connectivity index (χ4v) is 3.66. The molecule has 0 radical (unpaired) electrons. The largest absolute Gasteiger partial charge is 0.373 e. The van der Waals surface area contributed by atoms with Crippen LogP contribution >= 0.6 is 11.6 Å². The highest BCUT2D eigenvalue weighted by Crippen LogP contribution is 2.35. The second kappa shape index (κ2) is 6.41. The van der Waals surface area contributed by atoms with Crippen molar-refractivity contribution in [2.24, 2.45) is 0 Å². The standard InChI is InChI=1S/C21H19ClN2O/c1-13(21(25)24-19-8-3-2-7-17(19)22)23-18-12-11-15-10-9-14-5-4-6-16(18)20(14)15/h2-8,11-13,23H,9-10H2,1H3,(H,24,25). The predicted octanol–water partition coefficient (Wildman–Crippen LogP) is 5.03. The zero-order chi connectivity index (χ0) is 17.4. The Morgan fingerprint density at radius 2 is 1.72 bits per heavy atom. The van der Waals surface area contributed by atoms with Crippen LogP contribution in [0, 0.1) is 0 Å². The minimum atomic E-state index is -0.380. The van der Waals surface area contributed by atoms with Crippen LogP contribution in [0.25, 0.3) is 10.8 Å². The van der Waals surface area contributed by atoms with Gasteiger partial charge in [0.2, 0.25) is 5.91 Å². The van der Waals surface area contributed by atoms with Crippen LogP contribution in [0.5, 0.6) is 0 Å². The quantitative estimate of drug-likeness (QED) is 0.692. The highest BCUT2D eigenvalue weighted by molar-refractivity contribution is 6.33. The van der Waals surface area contributed by atoms with Crippen molar-refractivity contribution in [3.8, 4) is 0 Å². The highest BCUT2D eigenvalue weighted by Gasteiger charge is 2.19. The number of rotatable bonds is 4. The number of benzene rings is 3. The summed E-state index contributed by atoms with van der Waals surface area (Å²) < 4.78 is 0. The van der Waals surface area contributed by atoms with E-state index < -0.39 is 0 Å². The van der Waals surface area contributed by atoms with E-state index in [0.29, 0.717) is 10.7 Å². The molecule has 0 heterocycles. The first-order valence-electron chi connectivity index (χ1n) is 8.49. The fourth-order valence-electron chi connectivity index (χ4n) is 3.48. The Morgan fingerprint density at radius 1 is 0.960 bits per heavy atom. The van der Waals surface area contributed by atoms with Gasteiger partial charge in [0.05, 0.1) is 10.7 Å². The third-order valence-corrected chi connectivity index (χ3v) is 5.10. The molecule has 3 aromatic carbocycles. The molecule has 1 aliphatic rings. The third-order valence-electron chi connectivity index (χ3n) is 4.77. The van der Waals surface area contributed by atoms with Crippen molar-refractivity contribution in [2.75, 3.05) is 10.6 Å². The molecule has 3 nitrogen and oxygen atoms in total. The minimum Gasteiger partial charge on any atom is -0.373 e. The molecule has 1 atom stereocenters. The number of halogens is 1. The number of aryl methyl sites for hydroxylation is 2. The van der Waals surface area contributed by atoms with Gasteiger partial charge in [-0.05, 0) is 54.5 Å². The van der Waals surface area contributed by atoms with Gasteiger partial charge in [-0.3, -0.25) is 4.79 Å². The number of para-hydroxylation sites is 1. The number of amides is 1. The van der Waals surface area contributed by atoms with E-state index in [9.17, 15) is 4.79 Å². The molecule has 0 saturated carbocycles. The molecule has 0 saturated heterocycles. The SMILES string of the molecule is CC(Nc1ccc2c3c(cccc13)CC2)C(=O)Nc1ccccc1Cl. The molecule has 3 aromatic rings. The van der Waals surface area contributed by atoms with E-state index in [1.807, 2.05) is 19.1 Å². The Balaban J connectivity index is 1.57. The zero-order valence-electron chi connectivity index (χ0n) is 14.0. The Labute approximate surface area is 152 Å². The van der Waals surface area contributed by atoms with E-state index in [1.54, 1.807) is 12.1 Å². The van der Waals surface area contributed by atoms with E-state index in [1.165, 1.54) is 21.9 Å². The van der Waals surface area contributed by atoms with Gasteiger partial charge in [0.25, 0.3) is 0 Å². The van der Waals surface area contributed by atoms with E-state index in [2.05, 4.69) is 41.0 Å². The maximum absolute atomic E-state index is 12.5.